The molecule has 0 fully saturated rings. The lowest BCUT2D eigenvalue weighted by molar-refractivity contribution is -0.122. The van der Waals surface area contributed by atoms with Gasteiger partial charge in [-0.05, 0) is 19.1 Å². The minimum absolute atomic E-state index is 0.0120. The predicted molar refractivity (Wildman–Crippen MR) is 81.2 cm³/mol. The van der Waals surface area contributed by atoms with E-state index in [0.29, 0.717) is 5.75 Å². The number of likely N-dealkylation sites (N-methyl/N-ethyl adjacent to an activating group) is 1. The van der Waals surface area contributed by atoms with Gasteiger partial charge in [0.1, 0.15) is 5.75 Å². The standard InChI is InChI=1S/C15H20N4O2/c1-11(12-8-17-19(3)9-12)18-13-5-4-6-14(7-13)21-10-15(20)16-2/h4-9,11,18H,10H2,1-3H3,(H,16,20). The third-order valence-corrected chi connectivity index (χ3v) is 3.09. The van der Waals surface area contributed by atoms with Crippen LogP contribution >= 0.6 is 0 Å². The second-order valence-electron chi connectivity index (χ2n) is 4.80. The molecular formula is C15H20N4O2. The minimum atomic E-state index is -0.155. The van der Waals surface area contributed by atoms with Crippen molar-refractivity contribution in [3.8, 4) is 5.75 Å². The second-order valence-corrected chi connectivity index (χ2v) is 4.80. The topological polar surface area (TPSA) is 68.2 Å². The number of nitrogens with one attached hydrogen (secondary N) is 2. The number of rotatable bonds is 6. The molecule has 6 nitrogen and oxygen atoms in total. The van der Waals surface area contributed by atoms with Crippen molar-refractivity contribution in [2.24, 2.45) is 7.05 Å². The van der Waals surface area contributed by atoms with Crippen molar-refractivity contribution in [2.75, 3.05) is 19.0 Å². The number of ether oxygens (including phenoxy) is 1. The highest BCUT2D eigenvalue weighted by Gasteiger charge is 2.08. The van der Waals surface area contributed by atoms with Crippen LogP contribution in [0.4, 0.5) is 5.69 Å². The van der Waals surface area contributed by atoms with E-state index in [2.05, 4.69) is 22.7 Å². The Kier molecular flexibility index (Phi) is 4.81. The molecule has 1 heterocycles. The number of aromatic nitrogens is 2. The maximum Gasteiger partial charge on any atom is 0.257 e. The SMILES string of the molecule is CNC(=O)COc1cccc(NC(C)c2cnn(C)c2)c1. The van der Waals surface area contributed by atoms with Crippen molar-refractivity contribution in [1.82, 2.24) is 15.1 Å². The van der Waals surface area contributed by atoms with E-state index in [9.17, 15) is 4.79 Å². The van der Waals surface area contributed by atoms with Crippen LogP contribution in [0.15, 0.2) is 36.7 Å². The van der Waals surface area contributed by atoms with Crippen molar-refractivity contribution in [1.29, 1.82) is 0 Å². The first-order chi connectivity index (χ1) is 10.1. The first-order valence-corrected chi connectivity index (χ1v) is 6.77. The average Bonchev–Trinajstić information content (AvgIpc) is 2.92. The number of carbonyl (C=O) groups is 1. The van der Waals surface area contributed by atoms with E-state index in [0.717, 1.165) is 11.3 Å². The summed E-state index contributed by atoms with van der Waals surface area (Å²) in [7, 11) is 3.47. The summed E-state index contributed by atoms with van der Waals surface area (Å²) in [5.41, 5.74) is 2.04. The summed E-state index contributed by atoms with van der Waals surface area (Å²) in [5.74, 6) is 0.499. The Balaban J connectivity index is 1.98. The van der Waals surface area contributed by atoms with E-state index in [4.69, 9.17) is 4.74 Å². The van der Waals surface area contributed by atoms with Crippen LogP contribution in [0.2, 0.25) is 0 Å². The predicted octanol–water partition coefficient (Wildman–Crippen LogP) is 1.72. The molecule has 1 aromatic heterocycles. The van der Waals surface area contributed by atoms with E-state index in [1.54, 1.807) is 11.7 Å². The summed E-state index contributed by atoms with van der Waals surface area (Å²) in [6.07, 6.45) is 3.81. The zero-order valence-electron chi connectivity index (χ0n) is 12.5. The number of amides is 1. The maximum atomic E-state index is 11.2. The largest absolute Gasteiger partial charge is 0.484 e. The molecule has 0 aliphatic rings. The van der Waals surface area contributed by atoms with Crippen LogP contribution in [-0.4, -0.2) is 29.3 Å². The Morgan fingerprint density at radius 1 is 1.48 bits per heavy atom. The van der Waals surface area contributed by atoms with Crippen LogP contribution in [0.5, 0.6) is 5.75 Å². The Morgan fingerprint density at radius 3 is 2.95 bits per heavy atom. The van der Waals surface area contributed by atoms with Gasteiger partial charge in [0.15, 0.2) is 6.61 Å². The van der Waals surface area contributed by atoms with Crippen molar-refractivity contribution >= 4 is 11.6 Å². The van der Waals surface area contributed by atoms with Gasteiger partial charge >= 0.3 is 0 Å². The number of nitrogens with zero attached hydrogens (tertiary/aromatic N) is 2. The maximum absolute atomic E-state index is 11.2. The molecule has 0 spiro atoms. The lowest BCUT2D eigenvalue weighted by atomic mass is 10.2. The van der Waals surface area contributed by atoms with Gasteiger partial charge in [0.2, 0.25) is 0 Å². The number of benzene rings is 1. The fourth-order valence-corrected chi connectivity index (χ4v) is 1.89. The van der Waals surface area contributed by atoms with Gasteiger partial charge in [-0.25, -0.2) is 0 Å². The zero-order chi connectivity index (χ0) is 15.2. The van der Waals surface area contributed by atoms with E-state index in [1.165, 1.54) is 0 Å². The van der Waals surface area contributed by atoms with Crippen LogP contribution in [0.3, 0.4) is 0 Å². The summed E-state index contributed by atoms with van der Waals surface area (Å²) in [5, 5.41) is 10.1. The smallest absolute Gasteiger partial charge is 0.257 e. The number of anilines is 1. The molecule has 1 atom stereocenters. The molecule has 112 valence electrons. The summed E-state index contributed by atoms with van der Waals surface area (Å²) in [6, 6.07) is 7.67. The first kappa shape index (κ1) is 14.9. The summed E-state index contributed by atoms with van der Waals surface area (Å²) >= 11 is 0. The second kappa shape index (κ2) is 6.78. The van der Waals surface area contributed by atoms with Gasteiger partial charge in [0.25, 0.3) is 5.91 Å². The molecule has 0 saturated carbocycles. The molecular weight excluding hydrogens is 268 g/mol. The molecule has 1 aromatic carbocycles. The molecule has 1 amide bonds. The molecule has 21 heavy (non-hydrogen) atoms. The van der Waals surface area contributed by atoms with Gasteiger partial charge in [-0.15, -0.1) is 0 Å². The van der Waals surface area contributed by atoms with Gasteiger partial charge in [-0.2, -0.15) is 5.10 Å². The molecule has 1 unspecified atom stereocenters. The first-order valence-electron chi connectivity index (χ1n) is 6.77. The monoisotopic (exact) mass is 288 g/mol. The van der Waals surface area contributed by atoms with Gasteiger partial charge in [-0.3, -0.25) is 9.48 Å². The Morgan fingerprint density at radius 2 is 2.29 bits per heavy atom. The number of carbonyl (C=O) groups excluding carboxylic acids is 1. The van der Waals surface area contributed by atoms with E-state index >= 15 is 0 Å². The number of hydrogen-bond donors (Lipinski definition) is 2. The zero-order valence-corrected chi connectivity index (χ0v) is 12.5. The lowest BCUT2D eigenvalue weighted by Crippen LogP contribution is -2.24. The van der Waals surface area contributed by atoms with Crippen molar-refractivity contribution < 1.29 is 9.53 Å². The molecule has 2 N–H and O–H groups in total. The van der Waals surface area contributed by atoms with Gasteiger partial charge < -0.3 is 15.4 Å². The molecule has 0 bridgehead atoms. The van der Waals surface area contributed by atoms with Crippen molar-refractivity contribution in [2.45, 2.75) is 13.0 Å². The number of aryl methyl sites for hydroxylation is 1. The van der Waals surface area contributed by atoms with Gasteiger partial charge in [0, 0.05) is 37.6 Å². The van der Waals surface area contributed by atoms with E-state index in [-0.39, 0.29) is 18.6 Å². The van der Waals surface area contributed by atoms with Crippen LogP contribution < -0.4 is 15.4 Å². The van der Waals surface area contributed by atoms with E-state index in [1.807, 2.05) is 43.7 Å². The quantitative estimate of drug-likeness (QED) is 0.849. The van der Waals surface area contributed by atoms with Crippen LogP contribution in [0.25, 0.3) is 0 Å². The summed E-state index contributed by atoms with van der Waals surface area (Å²) in [6.45, 7) is 2.08. The molecule has 2 aromatic rings. The molecule has 2 rings (SSSR count). The highest BCUT2D eigenvalue weighted by molar-refractivity contribution is 5.77. The van der Waals surface area contributed by atoms with E-state index < -0.39 is 0 Å². The average molecular weight is 288 g/mol. The van der Waals surface area contributed by atoms with Gasteiger partial charge in [0.05, 0.1) is 12.2 Å². The molecule has 0 aliphatic heterocycles. The van der Waals surface area contributed by atoms with Gasteiger partial charge in [-0.1, -0.05) is 6.07 Å². The number of hydrogen-bond acceptors (Lipinski definition) is 4. The molecule has 0 saturated heterocycles. The van der Waals surface area contributed by atoms with Crippen LogP contribution in [0.1, 0.15) is 18.5 Å². The van der Waals surface area contributed by atoms with Crippen molar-refractivity contribution in [3.05, 3.63) is 42.2 Å². The molecule has 6 heteroatoms. The third-order valence-electron chi connectivity index (χ3n) is 3.09. The van der Waals surface area contributed by atoms with Crippen LogP contribution in [-0.2, 0) is 11.8 Å². The Labute approximate surface area is 124 Å². The Hall–Kier alpha value is -2.50. The lowest BCUT2D eigenvalue weighted by Gasteiger charge is -2.14. The highest BCUT2D eigenvalue weighted by atomic mass is 16.5. The fraction of sp³-hybridized carbons (Fsp3) is 0.333. The third kappa shape index (κ3) is 4.24. The summed E-state index contributed by atoms with van der Waals surface area (Å²) in [4.78, 5) is 11.2. The molecule has 0 radical (unpaired) electrons. The highest BCUT2D eigenvalue weighted by Crippen LogP contribution is 2.22. The van der Waals surface area contributed by atoms with Crippen LogP contribution in [0, 0.1) is 0 Å². The fourth-order valence-electron chi connectivity index (χ4n) is 1.89. The summed E-state index contributed by atoms with van der Waals surface area (Å²) < 4.78 is 7.20. The Bertz CT molecular complexity index is 609. The van der Waals surface area contributed by atoms with Crippen molar-refractivity contribution in [3.63, 3.8) is 0 Å². The molecule has 0 aliphatic carbocycles. The normalized spacial score (nSPS) is 11.8. The minimum Gasteiger partial charge on any atom is -0.484 e.